The topological polar surface area (TPSA) is 53.4 Å². The Morgan fingerprint density at radius 1 is 1.25 bits per heavy atom. The van der Waals surface area contributed by atoms with E-state index in [0.29, 0.717) is 17.1 Å². The number of benzene rings is 1. The summed E-state index contributed by atoms with van der Waals surface area (Å²) < 4.78 is 25.3. The molecule has 2 heterocycles. The van der Waals surface area contributed by atoms with Crippen molar-refractivity contribution in [3.8, 4) is 5.75 Å². The van der Waals surface area contributed by atoms with Gasteiger partial charge >= 0.3 is 5.97 Å². The number of esters is 1. The summed E-state index contributed by atoms with van der Waals surface area (Å²) in [5, 5.41) is 2.57. The van der Waals surface area contributed by atoms with E-state index in [1.807, 2.05) is 5.38 Å². The van der Waals surface area contributed by atoms with Crippen LogP contribution >= 0.6 is 11.3 Å². The monoisotopic (exact) mass is 346 g/mol. The molecule has 0 atom stereocenters. The van der Waals surface area contributed by atoms with Crippen molar-refractivity contribution >= 4 is 17.3 Å². The van der Waals surface area contributed by atoms with Crippen LogP contribution in [0.5, 0.6) is 5.75 Å². The Labute approximate surface area is 142 Å². The fraction of sp³-hybridized carbons (Fsp3) is 0.176. The van der Waals surface area contributed by atoms with Crippen molar-refractivity contribution in [1.82, 2.24) is 9.55 Å². The molecule has 0 fully saturated rings. The molecule has 1 aromatic carbocycles. The second kappa shape index (κ2) is 7.27. The van der Waals surface area contributed by atoms with E-state index in [0.717, 1.165) is 5.01 Å². The van der Waals surface area contributed by atoms with Gasteiger partial charge in [-0.2, -0.15) is 0 Å². The van der Waals surface area contributed by atoms with Gasteiger partial charge in [0, 0.05) is 18.6 Å². The average Bonchev–Trinajstić information content (AvgIpc) is 3.21. The van der Waals surface area contributed by atoms with E-state index < -0.39 is 0 Å². The van der Waals surface area contributed by atoms with Crippen LogP contribution in [0, 0.1) is 5.82 Å². The lowest BCUT2D eigenvalue weighted by Gasteiger charge is -2.04. The number of rotatable bonds is 6. The first-order valence-electron chi connectivity index (χ1n) is 7.22. The van der Waals surface area contributed by atoms with E-state index in [9.17, 15) is 9.18 Å². The van der Waals surface area contributed by atoms with Crippen molar-refractivity contribution in [1.29, 1.82) is 0 Å². The van der Waals surface area contributed by atoms with Gasteiger partial charge in [-0.3, -0.25) is 0 Å². The number of aryl methyl sites for hydroxylation is 1. The van der Waals surface area contributed by atoms with Gasteiger partial charge in [0.15, 0.2) is 0 Å². The molecule has 124 valence electrons. The van der Waals surface area contributed by atoms with E-state index in [-0.39, 0.29) is 25.0 Å². The number of carbonyl (C=O) groups is 1. The van der Waals surface area contributed by atoms with Crippen molar-refractivity contribution in [2.45, 2.75) is 13.2 Å². The Kier molecular flexibility index (Phi) is 4.90. The molecule has 7 heteroatoms. The molecule has 0 N–H and O–H groups in total. The van der Waals surface area contributed by atoms with Crippen LogP contribution in [0.2, 0.25) is 0 Å². The molecule has 24 heavy (non-hydrogen) atoms. The van der Waals surface area contributed by atoms with Gasteiger partial charge in [-0.1, -0.05) is 0 Å². The van der Waals surface area contributed by atoms with Crippen LogP contribution in [0.4, 0.5) is 4.39 Å². The molecule has 0 aliphatic heterocycles. The number of thiazole rings is 1. The molecular weight excluding hydrogens is 331 g/mol. The third-order valence-electron chi connectivity index (χ3n) is 3.28. The molecule has 0 saturated carbocycles. The van der Waals surface area contributed by atoms with E-state index >= 15 is 0 Å². The number of hydrogen-bond acceptors (Lipinski definition) is 5. The number of nitrogens with zero attached hydrogens (tertiary/aromatic N) is 2. The van der Waals surface area contributed by atoms with Crippen LogP contribution in [-0.4, -0.2) is 15.5 Å². The minimum Gasteiger partial charge on any atom is -0.486 e. The van der Waals surface area contributed by atoms with Gasteiger partial charge in [0.1, 0.15) is 35.5 Å². The van der Waals surface area contributed by atoms with Crippen molar-refractivity contribution in [2.24, 2.45) is 7.05 Å². The average molecular weight is 346 g/mol. The fourth-order valence-corrected chi connectivity index (χ4v) is 2.73. The summed E-state index contributed by atoms with van der Waals surface area (Å²) in [5.74, 6) is -0.123. The molecular formula is C17H15FN2O3S. The Hall–Kier alpha value is -2.67. The van der Waals surface area contributed by atoms with Crippen LogP contribution in [0.3, 0.4) is 0 Å². The van der Waals surface area contributed by atoms with E-state index in [1.54, 1.807) is 42.1 Å². The van der Waals surface area contributed by atoms with E-state index in [4.69, 9.17) is 9.47 Å². The van der Waals surface area contributed by atoms with Crippen LogP contribution < -0.4 is 4.74 Å². The molecule has 0 spiro atoms. The first kappa shape index (κ1) is 16.2. The van der Waals surface area contributed by atoms with Gasteiger partial charge in [-0.25, -0.2) is 14.2 Å². The number of halogens is 1. The minimum absolute atomic E-state index is 0.108. The van der Waals surface area contributed by atoms with Gasteiger partial charge in [0.25, 0.3) is 0 Å². The highest BCUT2D eigenvalue weighted by Gasteiger charge is 2.11. The molecule has 3 aromatic rings. The van der Waals surface area contributed by atoms with Crippen molar-refractivity contribution in [3.05, 3.63) is 70.2 Å². The second-order valence-corrected chi connectivity index (χ2v) is 6.00. The van der Waals surface area contributed by atoms with Crippen molar-refractivity contribution in [3.63, 3.8) is 0 Å². The van der Waals surface area contributed by atoms with Crippen molar-refractivity contribution < 1.29 is 18.7 Å². The summed E-state index contributed by atoms with van der Waals surface area (Å²) in [4.78, 5) is 16.3. The van der Waals surface area contributed by atoms with Gasteiger partial charge in [0.2, 0.25) is 0 Å². The first-order valence-corrected chi connectivity index (χ1v) is 8.10. The highest BCUT2D eigenvalue weighted by atomic mass is 32.1. The SMILES string of the molecule is Cn1cccc1C(=O)OCc1csc(COc2ccc(F)cc2)n1. The number of aromatic nitrogens is 2. The smallest absolute Gasteiger partial charge is 0.355 e. The highest BCUT2D eigenvalue weighted by Crippen LogP contribution is 2.16. The lowest BCUT2D eigenvalue weighted by molar-refractivity contribution is 0.0457. The predicted octanol–water partition coefficient (Wildman–Crippen LogP) is 3.56. The normalized spacial score (nSPS) is 10.6. The molecule has 0 aliphatic carbocycles. The summed E-state index contributed by atoms with van der Waals surface area (Å²) in [6.45, 7) is 0.388. The standard InChI is InChI=1S/C17H15FN2O3S/c1-20-8-2-3-15(20)17(21)23-9-13-11-24-16(19-13)10-22-14-6-4-12(18)5-7-14/h2-8,11H,9-10H2,1H3. The van der Waals surface area contributed by atoms with Crippen LogP contribution in [0.1, 0.15) is 21.2 Å². The van der Waals surface area contributed by atoms with Crippen LogP contribution in [0.25, 0.3) is 0 Å². The molecule has 0 amide bonds. The lowest BCUT2D eigenvalue weighted by Crippen LogP contribution is -2.09. The zero-order valence-electron chi connectivity index (χ0n) is 12.9. The Bertz CT molecular complexity index is 826. The number of carbonyl (C=O) groups excluding carboxylic acids is 1. The molecule has 0 saturated heterocycles. The van der Waals surface area contributed by atoms with Crippen LogP contribution in [0.15, 0.2) is 48.0 Å². The number of hydrogen-bond donors (Lipinski definition) is 0. The second-order valence-electron chi connectivity index (χ2n) is 5.06. The van der Waals surface area contributed by atoms with Crippen molar-refractivity contribution in [2.75, 3.05) is 0 Å². The molecule has 0 bridgehead atoms. The molecule has 5 nitrogen and oxygen atoms in total. The van der Waals surface area contributed by atoms with Gasteiger partial charge in [-0.15, -0.1) is 11.3 Å². The largest absolute Gasteiger partial charge is 0.486 e. The maximum atomic E-state index is 12.8. The molecule has 0 radical (unpaired) electrons. The number of ether oxygens (including phenoxy) is 2. The van der Waals surface area contributed by atoms with E-state index in [1.165, 1.54) is 23.5 Å². The quantitative estimate of drug-likeness (QED) is 0.641. The summed E-state index contributed by atoms with van der Waals surface area (Å²) in [5.41, 5.74) is 1.16. The molecule has 2 aromatic heterocycles. The highest BCUT2D eigenvalue weighted by molar-refractivity contribution is 7.09. The van der Waals surface area contributed by atoms with Gasteiger partial charge < -0.3 is 14.0 Å². The van der Waals surface area contributed by atoms with Crippen LogP contribution in [-0.2, 0) is 25.0 Å². The maximum absolute atomic E-state index is 12.8. The molecule has 0 aliphatic rings. The molecule has 0 unspecified atom stereocenters. The van der Waals surface area contributed by atoms with Gasteiger partial charge in [0.05, 0.1) is 5.69 Å². The summed E-state index contributed by atoms with van der Waals surface area (Å²) in [7, 11) is 1.78. The van der Waals surface area contributed by atoms with Gasteiger partial charge in [-0.05, 0) is 36.4 Å². The third-order valence-corrected chi connectivity index (χ3v) is 4.15. The zero-order valence-corrected chi connectivity index (χ0v) is 13.8. The zero-order chi connectivity index (χ0) is 16.9. The van der Waals surface area contributed by atoms with E-state index in [2.05, 4.69) is 4.98 Å². The third kappa shape index (κ3) is 3.99. The minimum atomic E-state index is -0.389. The Balaban J connectivity index is 1.51. The summed E-state index contributed by atoms with van der Waals surface area (Å²) in [6, 6.07) is 9.28. The fourth-order valence-electron chi connectivity index (χ4n) is 2.04. The summed E-state index contributed by atoms with van der Waals surface area (Å²) in [6.07, 6.45) is 1.78. The summed E-state index contributed by atoms with van der Waals surface area (Å²) >= 11 is 1.42. The Morgan fingerprint density at radius 2 is 2.04 bits per heavy atom. The molecule has 3 rings (SSSR count). The first-order chi connectivity index (χ1) is 11.6. The predicted molar refractivity (Wildman–Crippen MR) is 87.4 cm³/mol. The maximum Gasteiger partial charge on any atom is 0.355 e. The lowest BCUT2D eigenvalue weighted by atomic mass is 10.3. The Morgan fingerprint density at radius 3 is 2.75 bits per heavy atom.